The first kappa shape index (κ1) is 19.7. The van der Waals surface area contributed by atoms with Crippen LogP contribution in [0.4, 0.5) is 15.8 Å². The number of carbonyl (C=O) groups is 1. The van der Waals surface area contributed by atoms with Crippen LogP contribution in [0.25, 0.3) is 0 Å². The van der Waals surface area contributed by atoms with Gasteiger partial charge in [0.25, 0.3) is 0 Å². The molecule has 28 heavy (non-hydrogen) atoms. The van der Waals surface area contributed by atoms with Gasteiger partial charge < -0.3 is 15.8 Å². The molecule has 1 heterocycles. The summed E-state index contributed by atoms with van der Waals surface area (Å²) in [4.78, 5) is 18.6. The Morgan fingerprint density at radius 3 is 2.54 bits per heavy atom. The maximum absolute atomic E-state index is 14.9. The van der Waals surface area contributed by atoms with Crippen molar-refractivity contribution >= 4 is 23.2 Å². The van der Waals surface area contributed by atoms with E-state index in [0.717, 1.165) is 5.69 Å². The van der Waals surface area contributed by atoms with Gasteiger partial charge in [-0.1, -0.05) is 12.1 Å². The number of nitrogens with zero attached hydrogens (tertiary/aromatic N) is 2. The van der Waals surface area contributed by atoms with E-state index >= 15 is 0 Å². The molecule has 0 saturated heterocycles. The van der Waals surface area contributed by atoms with E-state index in [1.165, 1.54) is 11.0 Å². The monoisotopic (exact) mass is 384 g/mol. The second kappa shape index (κ2) is 6.82. The van der Waals surface area contributed by atoms with Gasteiger partial charge in [0.15, 0.2) is 5.96 Å². The van der Waals surface area contributed by atoms with Crippen LogP contribution in [0.5, 0.6) is 5.75 Å². The molecule has 0 radical (unpaired) electrons. The van der Waals surface area contributed by atoms with Crippen LogP contribution < -0.4 is 15.8 Å². The van der Waals surface area contributed by atoms with Crippen LogP contribution in [0.15, 0.2) is 47.5 Å². The molecule has 1 aliphatic rings. The number of methoxy groups -OCH3 is 1. The van der Waals surface area contributed by atoms with Crippen molar-refractivity contribution in [3.05, 3.63) is 53.8 Å². The zero-order valence-corrected chi connectivity index (χ0v) is 16.7. The Balaban J connectivity index is 2.10. The normalized spacial score (nSPS) is 21.3. The molecule has 0 bridgehead atoms. The third-order valence-corrected chi connectivity index (χ3v) is 5.61. The van der Waals surface area contributed by atoms with E-state index in [0.29, 0.717) is 17.0 Å². The zero-order valence-electron chi connectivity index (χ0n) is 16.7. The highest BCUT2D eigenvalue weighted by Gasteiger charge is 2.53. The summed E-state index contributed by atoms with van der Waals surface area (Å²) < 4.78 is 20.2. The number of rotatable bonds is 4. The Morgan fingerprint density at radius 2 is 1.86 bits per heavy atom. The van der Waals surface area contributed by atoms with Crippen LogP contribution in [0, 0.1) is 11.2 Å². The lowest BCUT2D eigenvalue weighted by Gasteiger charge is -2.46. The Labute approximate surface area is 164 Å². The molecular weight excluding hydrogens is 359 g/mol. The van der Waals surface area contributed by atoms with Crippen molar-refractivity contribution in [2.45, 2.75) is 26.3 Å². The van der Waals surface area contributed by atoms with Crippen molar-refractivity contribution < 1.29 is 13.9 Å². The summed E-state index contributed by atoms with van der Waals surface area (Å²) in [6.07, 6.45) is 0. The van der Waals surface area contributed by atoms with E-state index in [1.54, 1.807) is 47.1 Å². The van der Waals surface area contributed by atoms with Crippen molar-refractivity contribution in [1.82, 2.24) is 4.90 Å². The van der Waals surface area contributed by atoms with E-state index < -0.39 is 16.8 Å². The number of benzene rings is 2. The molecule has 0 spiro atoms. The van der Waals surface area contributed by atoms with Crippen LogP contribution in [-0.4, -0.2) is 30.9 Å². The van der Waals surface area contributed by atoms with Gasteiger partial charge in [-0.2, -0.15) is 0 Å². The van der Waals surface area contributed by atoms with Crippen molar-refractivity contribution in [3.63, 3.8) is 0 Å². The van der Waals surface area contributed by atoms with Crippen LogP contribution >= 0.6 is 0 Å². The Kier molecular flexibility index (Phi) is 4.79. The number of carbonyl (C=O) groups excluding carboxylic acids is 1. The number of anilines is 2. The van der Waals surface area contributed by atoms with Crippen molar-refractivity contribution in [3.8, 4) is 5.75 Å². The molecule has 0 saturated carbocycles. The quantitative estimate of drug-likeness (QED) is 0.844. The van der Waals surface area contributed by atoms with E-state index in [9.17, 15) is 9.18 Å². The fourth-order valence-electron chi connectivity index (χ4n) is 3.45. The second-order valence-electron chi connectivity index (χ2n) is 7.55. The number of aliphatic imine (C=N–C) groups is 1. The minimum atomic E-state index is -1.16. The van der Waals surface area contributed by atoms with Gasteiger partial charge >= 0.3 is 0 Å². The van der Waals surface area contributed by atoms with Crippen molar-refractivity contribution in [1.29, 1.82) is 0 Å². The van der Waals surface area contributed by atoms with Gasteiger partial charge in [0, 0.05) is 18.3 Å². The minimum Gasteiger partial charge on any atom is -0.495 e. The first-order valence-corrected chi connectivity index (χ1v) is 8.95. The Bertz CT molecular complexity index is 957. The smallest absolute Gasteiger partial charge is 0.237 e. The fraction of sp³-hybridized carbons (Fsp3) is 0.333. The first-order chi connectivity index (χ1) is 13.1. The van der Waals surface area contributed by atoms with E-state index in [2.05, 4.69) is 10.3 Å². The van der Waals surface area contributed by atoms with Crippen LogP contribution in [0.1, 0.15) is 26.3 Å². The van der Waals surface area contributed by atoms with Gasteiger partial charge in [-0.05, 0) is 51.1 Å². The highest BCUT2D eigenvalue weighted by molar-refractivity contribution is 6.01. The number of amides is 1. The molecule has 2 aromatic carbocycles. The van der Waals surface area contributed by atoms with Crippen LogP contribution in [0.2, 0.25) is 0 Å². The average Bonchev–Trinajstić information content (AvgIpc) is 2.67. The molecule has 3 rings (SSSR count). The zero-order chi connectivity index (χ0) is 20.7. The van der Waals surface area contributed by atoms with Gasteiger partial charge in [0.2, 0.25) is 5.91 Å². The number of para-hydroxylation sites is 2. The number of guanidine groups is 1. The Hall–Kier alpha value is -3.09. The lowest BCUT2D eigenvalue weighted by molar-refractivity contribution is -0.140. The number of halogens is 1. The molecule has 2 aromatic rings. The molecule has 0 aromatic heterocycles. The summed E-state index contributed by atoms with van der Waals surface area (Å²) in [5.74, 6) is 0.0611. The highest BCUT2D eigenvalue weighted by atomic mass is 19.1. The van der Waals surface area contributed by atoms with E-state index in [4.69, 9.17) is 10.5 Å². The maximum atomic E-state index is 14.9. The van der Waals surface area contributed by atoms with E-state index in [1.807, 2.05) is 24.3 Å². The number of nitrogens with two attached hydrogens (primary N) is 1. The lowest BCUT2D eigenvalue weighted by Crippen LogP contribution is -2.58. The molecule has 6 nitrogen and oxygen atoms in total. The molecule has 1 aliphatic heterocycles. The molecule has 1 amide bonds. The van der Waals surface area contributed by atoms with Gasteiger partial charge in [-0.25, -0.2) is 9.38 Å². The summed E-state index contributed by atoms with van der Waals surface area (Å²) >= 11 is 0. The number of hydrogen-bond donors (Lipinski definition) is 2. The number of hydrogen-bond acceptors (Lipinski definition) is 5. The molecule has 1 unspecified atom stereocenters. The van der Waals surface area contributed by atoms with Gasteiger partial charge in [-0.3, -0.25) is 9.69 Å². The SMILES string of the molecule is COc1ccccc1Nc1ccc(F)c(C2(C)N=C(N)N(C)C(=O)C2(C)C)c1. The number of ether oxygens (including phenoxy) is 1. The maximum Gasteiger partial charge on any atom is 0.237 e. The topological polar surface area (TPSA) is 80.0 Å². The first-order valence-electron chi connectivity index (χ1n) is 8.95. The summed E-state index contributed by atoms with van der Waals surface area (Å²) in [6.45, 7) is 5.24. The number of nitrogens with one attached hydrogen (secondary N) is 1. The molecule has 7 heteroatoms. The summed E-state index contributed by atoms with van der Waals surface area (Å²) in [6, 6.07) is 12.1. The van der Waals surface area contributed by atoms with Crippen LogP contribution in [0.3, 0.4) is 0 Å². The van der Waals surface area contributed by atoms with Gasteiger partial charge in [0.1, 0.15) is 17.1 Å². The average molecular weight is 384 g/mol. The summed E-state index contributed by atoms with van der Waals surface area (Å²) in [5, 5.41) is 3.24. The van der Waals surface area contributed by atoms with E-state index in [-0.39, 0.29) is 11.9 Å². The second-order valence-corrected chi connectivity index (χ2v) is 7.55. The molecule has 0 aliphatic carbocycles. The third-order valence-electron chi connectivity index (χ3n) is 5.61. The predicted octanol–water partition coefficient (Wildman–Crippen LogP) is 3.61. The summed E-state index contributed by atoms with van der Waals surface area (Å²) in [7, 11) is 3.15. The van der Waals surface area contributed by atoms with Crippen LogP contribution in [-0.2, 0) is 10.3 Å². The Morgan fingerprint density at radius 1 is 1.18 bits per heavy atom. The molecule has 0 fully saturated rings. The fourth-order valence-corrected chi connectivity index (χ4v) is 3.45. The standard InChI is InChI=1S/C21H25FN4O2/c1-20(2)18(27)26(4)19(23)25-21(20,3)14-12-13(10-11-15(14)22)24-16-8-6-7-9-17(16)28-5/h6-12,24H,1-5H3,(H2,23,25). The minimum absolute atomic E-state index is 0.0642. The van der Waals surface area contributed by atoms with Gasteiger partial charge in [-0.15, -0.1) is 0 Å². The molecular formula is C21H25FN4O2. The summed E-state index contributed by atoms with van der Waals surface area (Å²) in [5.41, 5.74) is 5.49. The molecule has 3 N–H and O–H groups in total. The van der Waals surface area contributed by atoms with Crippen molar-refractivity contribution in [2.75, 3.05) is 19.5 Å². The predicted molar refractivity (Wildman–Crippen MR) is 108 cm³/mol. The molecule has 1 atom stereocenters. The third kappa shape index (κ3) is 2.96. The lowest BCUT2D eigenvalue weighted by atomic mass is 9.67. The van der Waals surface area contributed by atoms with Crippen molar-refractivity contribution in [2.24, 2.45) is 16.1 Å². The highest BCUT2D eigenvalue weighted by Crippen LogP contribution is 2.47. The molecule has 148 valence electrons. The van der Waals surface area contributed by atoms with Gasteiger partial charge in [0.05, 0.1) is 18.2 Å². The largest absolute Gasteiger partial charge is 0.495 e.